The van der Waals surface area contributed by atoms with Crippen LogP contribution in [0, 0.1) is 0 Å². The molecular weight excluding hydrogens is 348 g/mol. The van der Waals surface area contributed by atoms with E-state index >= 15 is 0 Å². The summed E-state index contributed by atoms with van der Waals surface area (Å²) in [7, 11) is -2.83. The lowest BCUT2D eigenvalue weighted by molar-refractivity contribution is 0.287. The van der Waals surface area contributed by atoms with E-state index in [1.807, 2.05) is 18.2 Å². The molecule has 0 radical (unpaired) electrons. The zero-order valence-corrected chi connectivity index (χ0v) is 15.2. The van der Waals surface area contributed by atoms with Crippen LogP contribution in [0.2, 0.25) is 0 Å². The average molecular weight is 368 g/mol. The zero-order valence-electron chi connectivity index (χ0n) is 14.3. The van der Waals surface area contributed by atoms with Crippen molar-refractivity contribution in [3.63, 3.8) is 0 Å². The van der Waals surface area contributed by atoms with Crippen molar-refractivity contribution in [2.24, 2.45) is 0 Å². The number of aromatic nitrogens is 1. The third-order valence-corrected chi connectivity index (χ3v) is 6.31. The number of rotatable bonds is 4. The Kier molecular flexibility index (Phi) is 4.61. The Labute approximate surface area is 153 Å². The van der Waals surface area contributed by atoms with Gasteiger partial charge in [0.05, 0.1) is 17.7 Å². The average Bonchev–Trinajstić information content (AvgIpc) is 3.19. The molecule has 0 N–H and O–H groups in total. The topological polar surface area (TPSA) is 63.4 Å². The molecule has 1 aliphatic rings. The van der Waals surface area contributed by atoms with Gasteiger partial charge in [-0.05, 0) is 22.8 Å². The maximum atomic E-state index is 11.5. The molecule has 2 heterocycles. The number of sulfone groups is 1. The van der Waals surface area contributed by atoms with Crippen LogP contribution in [0.5, 0.6) is 0 Å². The van der Waals surface area contributed by atoms with Gasteiger partial charge in [0.25, 0.3) is 0 Å². The normalized spacial score (nSPS) is 17.2. The molecule has 4 rings (SSSR count). The summed E-state index contributed by atoms with van der Waals surface area (Å²) in [5, 5.41) is 0. The van der Waals surface area contributed by atoms with E-state index in [4.69, 9.17) is 4.42 Å². The fourth-order valence-electron chi connectivity index (χ4n) is 3.23. The van der Waals surface area contributed by atoms with E-state index in [1.165, 1.54) is 5.56 Å². The van der Waals surface area contributed by atoms with Crippen molar-refractivity contribution in [1.82, 2.24) is 9.88 Å². The van der Waals surface area contributed by atoms with Crippen LogP contribution < -0.4 is 0 Å². The summed E-state index contributed by atoms with van der Waals surface area (Å²) in [6, 6.07) is 16.4. The van der Waals surface area contributed by atoms with E-state index in [2.05, 4.69) is 40.2 Å². The Morgan fingerprint density at radius 3 is 2.31 bits per heavy atom. The lowest BCUT2D eigenvalue weighted by Gasteiger charge is -2.26. The van der Waals surface area contributed by atoms with Crippen molar-refractivity contribution in [2.75, 3.05) is 24.6 Å². The molecule has 1 fully saturated rings. The highest BCUT2D eigenvalue weighted by atomic mass is 32.2. The summed E-state index contributed by atoms with van der Waals surface area (Å²) in [5.74, 6) is 1.13. The number of benzene rings is 2. The second-order valence-electron chi connectivity index (χ2n) is 6.51. The minimum atomic E-state index is -2.83. The number of oxazole rings is 1. The van der Waals surface area contributed by atoms with E-state index in [9.17, 15) is 8.42 Å². The molecule has 26 heavy (non-hydrogen) atoms. The van der Waals surface area contributed by atoms with Crippen LogP contribution in [0.3, 0.4) is 0 Å². The number of nitrogens with zero attached hydrogens (tertiary/aromatic N) is 2. The Morgan fingerprint density at radius 2 is 1.65 bits per heavy atom. The Hall–Kier alpha value is -2.44. The van der Waals surface area contributed by atoms with Gasteiger partial charge in [0, 0.05) is 25.2 Å². The molecule has 0 amide bonds. The quantitative estimate of drug-likeness (QED) is 0.707. The molecule has 5 nitrogen and oxygen atoms in total. The molecule has 1 aromatic heterocycles. The predicted molar refractivity (Wildman–Crippen MR) is 101 cm³/mol. The smallest absolute Gasteiger partial charge is 0.226 e. The van der Waals surface area contributed by atoms with Gasteiger partial charge in [-0.3, -0.25) is 4.90 Å². The van der Waals surface area contributed by atoms with Crippen LogP contribution >= 0.6 is 0 Å². The van der Waals surface area contributed by atoms with E-state index in [0.29, 0.717) is 19.0 Å². The molecule has 1 aliphatic heterocycles. The van der Waals surface area contributed by atoms with Gasteiger partial charge in [-0.25, -0.2) is 13.4 Å². The molecule has 0 unspecified atom stereocenters. The van der Waals surface area contributed by atoms with Gasteiger partial charge in [0.2, 0.25) is 5.89 Å². The van der Waals surface area contributed by atoms with Gasteiger partial charge in [-0.2, -0.15) is 0 Å². The van der Waals surface area contributed by atoms with Crippen LogP contribution in [0.1, 0.15) is 5.56 Å². The SMILES string of the molecule is O=S1(=O)CCN(Cc2ccc(-c3ccccc3-c3ncco3)cc2)CC1. The fourth-order valence-corrected chi connectivity index (χ4v) is 4.51. The van der Waals surface area contributed by atoms with Gasteiger partial charge < -0.3 is 4.42 Å². The maximum absolute atomic E-state index is 11.5. The Bertz CT molecular complexity index is 966. The second kappa shape index (κ2) is 7.05. The van der Waals surface area contributed by atoms with Crippen LogP contribution in [-0.2, 0) is 16.4 Å². The highest BCUT2D eigenvalue weighted by Gasteiger charge is 2.21. The van der Waals surface area contributed by atoms with Crippen molar-refractivity contribution in [3.8, 4) is 22.6 Å². The molecular formula is C20H20N2O3S. The van der Waals surface area contributed by atoms with Crippen molar-refractivity contribution >= 4 is 9.84 Å². The fraction of sp³-hybridized carbons (Fsp3) is 0.250. The van der Waals surface area contributed by atoms with Gasteiger partial charge >= 0.3 is 0 Å². The highest BCUT2D eigenvalue weighted by molar-refractivity contribution is 7.91. The van der Waals surface area contributed by atoms with Crippen LogP contribution in [0.4, 0.5) is 0 Å². The molecule has 1 saturated heterocycles. The first-order valence-electron chi connectivity index (χ1n) is 8.62. The molecule has 0 aliphatic carbocycles. The third kappa shape index (κ3) is 3.71. The molecule has 0 spiro atoms. The monoisotopic (exact) mass is 368 g/mol. The summed E-state index contributed by atoms with van der Waals surface area (Å²) in [6.45, 7) is 1.99. The van der Waals surface area contributed by atoms with Crippen molar-refractivity contribution in [2.45, 2.75) is 6.54 Å². The number of hydrogen-bond donors (Lipinski definition) is 0. The summed E-state index contributed by atoms with van der Waals surface area (Å²) in [5.41, 5.74) is 4.32. The van der Waals surface area contributed by atoms with Crippen molar-refractivity contribution < 1.29 is 12.8 Å². The zero-order chi connectivity index (χ0) is 18.0. The van der Waals surface area contributed by atoms with Crippen LogP contribution in [0.25, 0.3) is 22.6 Å². The van der Waals surface area contributed by atoms with Crippen molar-refractivity contribution in [3.05, 3.63) is 66.6 Å². The number of hydrogen-bond acceptors (Lipinski definition) is 5. The van der Waals surface area contributed by atoms with Crippen LogP contribution in [-0.4, -0.2) is 42.9 Å². The molecule has 3 aromatic rings. The first-order valence-corrected chi connectivity index (χ1v) is 10.4. The standard InChI is InChI=1S/C20H20N2O3S/c23-26(24)13-10-22(11-14-26)15-16-5-7-17(8-6-16)18-3-1-2-4-19(18)20-21-9-12-25-20/h1-9,12H,10-11,13-15H2. The predicted octanol–water partition coefficient (Wildman–Crippen LogP) is 3.24. The highest BCUT2D eigenvalue weighted by Crippen LogP contribution is 2.31. The minimum Gasteiger partial charge on any atom is -0.445 e. The van der Waals surface area contributed by atoms with E-state index in [1.54, 1.807) is 12.5 Å². The lowest BCUT2D eigenvalue weighted by atomic mass is 9.98. The molecule has 6 heteroatoms. The van der Waals surface area contributed by atoms with Gasteiger partial charge in [0.15, 0.2) is 9.84 Å². The Morgan fingerprint density at radius 1 is 0.962 bits per heavy atom. The largest absolute Gasteiger partial charge is 0.445 e. The molecule has 0 bridgehead atoms. The first kappa shape index (κ1) is 17.0. The molecule has 2 aromatic carbocycles. The summed E-state index contributed by atoms with van der Waals surface area (Å²) < 4.78 is 28.5. The summed E-state index contributed by atoms with van der Waals surface area (Å²) in [4.78, 5) is 6.45. The van der Waals surface area contributed by atoms with Crippen molar-refractivity contribution in [1.29, 1.82) is 0 Å². The molecule has 134 valence electrons. The van der Waals surface area contributed by atoms with Gasteiger partial charge in [-0.15, -0.1) is 0 Å². The van der Waals surface area contributed by atoms with E-state index < -0.39 is 9.84 Å². The van der Waals surface area contributed by atoms with Gasteiger partial charge in [0.1, 0.15) is 6.26 Å². The first-order chi connectivity index (χ1) is 12.6. The second-order valence-corrected chi connectivity index (χ2v) is 8.81. The minimum absolute atomic E-state index is 0.259. The van der Waals surface area contributed by atoms with Crippen LogP contribution in [0.15, 0.2) is 65.4 Å². The van der Waals surface area contributed by atoms with E-state index in [-0.39, 0.29) is 11.5 Å². The van der Waals surface area contributed by atoms with Gasteiger partial charge in [-0.1, -0.05) is 42.5 Å². The maximum Gasteiger partial charge on any atom is 0.226 e. The third-order valence-electron chi connectivity index (χ3n) is 4.70. The van der Waals surface area contributed by atoms with E-state index in [0.717, 1.165) is 23.2 Å². The summed E-state index contributed by atoms with van der Waals surface area (Å²) >= 11 is 0. The lowest BCUT2D eigenvalue weighted by Crippen LogP contribution is -2.39. The Balaban J connectivity index is 1.52. The molecule has 0 atom stereocenters. The molecule has 0 saturated carbocycles. The summed E-state index contributed by atoms with van der Waals surface area (Å²) in [6.07, 6.45) is 3.22.